The van der Waals surface area contributed by atoms with Gasteiger partial charge in [0.1, 0.15) is 0 Å². The Labute approximate surface area is 106 Å². The number of hydrogen-bond acceptors (Lipinski definition) is 3. The predicted octanol–water partition coefficient (Wildman–Crippen LogP) is 1.62. The first kappa shape index (κ1) is 14.2. The van der Waals surface area contributed by atoms with Crippen molar-refractivity contribution < 1.29 is 14.7 Å². The van der Waals surface area contributed by atoms with E-state index < -0.39 is 12.0 Å². The summed E-state index contributed by atoms with van der Waals surface area (Å²) < 4.78 is 0. The SMILES string of the molecule is Cc1ccc(C(=O)O)cc1NC(=O)[C@@H](N)C(C)C. The normalized spacial score (nSPS) is 12.3. The summed E-state index contributed by atoms with van der Waals surface area (Å²) in [5.74, 6) is -1.32. The number of carbonyl (C=O) groups is 2. The molecule has 1 amide bonds. The maximum atomic E-state index is 11.8. The molecule has 0 aliphatic heterocycles. The van der Waals surface area contributed by atoms with Gasteiger partial charge in [-0.2, -0.15) is 0 Å². The second-order valence-corrected chi connectivity index (χ2v) is 4.59. The minimum Gasteiger partial charge on any atom is -0.478 e. The summed E-state index contributed by atoms with van der Waals surface area (Å²) in [6.07, 6.45) is 0. The molecule has 4 N–H and O–H groups in total. The molecule has 1 atom stereocenters. The Kier molecular flexibility index (Phi) is 4.44. The minimum absolute atomic E-state index is 0.0213. The summed E-state index contributed by atoms with van der Waals surface area (Å²) in [5, 5.41) is 11.6. The third-order valence-corrected chi connectivity index (χ3v) is 2.76. The van der Waals surface area contributed by atoms with Crippen LogP contribution in [0.3, 0.4) is 0 Å². The van der Waals surface area contributed by atoms with Crippen LogP contribution in [0.15, 0.2) is 18.2 Å². The summed E-state index contributed by atoms with van der Waals surface area (Å²) >= 11 is 0. The zero-order valence-electron chi connectivity index (χ0n) is 10.7. The van der Waals surface area contributed by atoms with Crippen LogP contribution in [0.4, 0.5) is 5.69 Å². The van der Waals surface area contributed by atoms with E-state index >= 15 is 0 Å². The van der Waals surface area contributed by atoms with Gasteiger partial charge in [0.25, 0.3) is 0 Å². The number of nitrogens with one attached hydrogen (secondary N) is 1. The molecule has 0 aliphatic carbocycles. The Morgan fingerprint density at radius 1 is 1.33 bits per heavy atom. The van der Waals surface area contributed by atoms with Gasteiger partial charge in [0.05, 0.1) is 11.6 Å². The predicted molar refractivity (Wildman–Crippen MR) is 69.6 cm³/mol. The zero-order chi connectivity index (χ0) is 13.9. The van der Waals surface area contributed by atoms with Gasteiger partial charge in [0.2, 0.25) is 5.91 Å². The molecule has 1 rings (SSSR count). The van der Waals surface area contributed by atoms with E-state index in [1.165, 1.54) is 12.1 Å². The smallest absolute Gasteiger partial charge is 0.335 e. The Hall–Kier alpha value is -1.88. The highest BCUT2D eigenvalue weighted by Gasteiger charge is 2.18. The maximum absolute atomic E-state index is 11.8. The molecule has 5 nitrogen and oxygen atoms in total. The molecule has 1 aromatic rings. The van der Waals surface area contributed by atoms with Crippen molar-refractivity contribution >= 4 is 17.6 Å². The third kappa shape index (κ3) is 3.30. The lowest BCUT2D eigenvalue weighted by molar-refractivity contribution is -0.118. The molecule has 0 fully saturated rings. The summed E-state index contributed by atoms with van der Waals surface area (Å²) in [5.41, 5.74) is 7.14. The first-order valence-corrected chi connectivity index (χ1v) is 5.73. The van der Waals surface area contributed by atoms with Gasteiger partial charge in [-0.25, -0.2) is 4.79 Å². The summed E-state index contributed by atoms with van der Waals surface area (Å²) in [6.45, 7) is 5.50. The van der Waals surface area contributed by atoms with Crippen molar-refractivity contribution in [1.82, 2.24) is 0 Å². The fourth-order valence-corrected chi connectivity index (χ4v) is 1.41. The Bertz CT molecular complexity index is 469. The Morgan fingerprint density at radius 2 is 1.94 bits per heavy atom. The lowest BCUT2D eigenvalue weighted by Crippen LogP contribution is -2.39. The van der Waals surface area contributed by atoms with Crippen LogP contribution in [0.25, 0.3) is 0 Å². The first-order chi connectivity index (χ1) is 8.32. The van der Waals surface area contributed by atoms with Crippen molar-refractivity contribution in [3.8, 4) is 0 Å². The number of anilines is 1. The van der Waals surface area contributed by atoms with Crippen molar-refractivity contribution in [2.45, 2.75) is 26.8 Å². The average molecular weight is 250 g/mol. The van der Waals surface area contributed by atoms with E-state index in [1.54, 1.807) is 13.0 Å². The van der Waals surface area contributed by atoms with E-state index in [9.17, 15) is 9.59 Å². The Morgan fingerprint density at radius 3 is 2.44 bits per heavy atom. The molecule has 98 valence electrons. The highest BCUT2D eigenvalue weighted by Crippen LogP contribution is 2.17. The van der Waals surface area contributed by atoms with Crippen LogP contribution in [-0.4, -0.2) is 23.0 Å². The van der Waals surface area contributed by atoms with Crippen LogP contribution in [0.1, 0.15) is 29.8 Å². The van der Waals surface area contributed by atoms with E-state index in [2.05, 4.69) is 5.32 Å². The summed E-state index contributed by atoms with van der Waals surface area (Å²) in [7, 11) is 0. The average Bonchev–Trinajstić information content (AvgIpc) is 2.30. The highest BCUT2D eigenvalue weighted by molar-refractivity contribution is 5.97. The number of hydrogen-bond donors (Lipinski definition) is 3. The molecule has 0 aliphatic rings. The van der Waals surface area contributed by atoms with Crippen LogP contribution in [0, 0.1) is 12.8 Å². The molecular weight excluding hydrogens is 232 g/mol. The van der Waals surface area contributed by atoms with Crippen LogP contribution in [0.2, 0.25) is 0 Å². The van der Waals surface area contributed by atoms with E-state index in [0.29, 0.717) is 5.69 Å². The van der Waals surface area contributed by atoms with Gasteiger partial charge in [-0.05, 0) is 30.5 Å². The van der Waals surface area contributed by atoms with Crippen molar-refractivity contribution in [3.63, 3.8) is 0 Å². The number of rotatable bonds is 4. The number of carboxylic acid groups (broad SMARTS) is 1. The number of carbonyl (C=O) groups excluding carboxylic acids is 1. The molecular formula is C13H18N2O3. The second kappa shape index (κ2) is 5.64. The lowest BCUT2D eigenvalue weighted by atomic mass is 10.0. The Balaban J connectivity index is 2.93. The summed E-state index contributed by atoms with van der Waals surface area (Å²) in [6, 6.07) is 3.97. The van der Waals surface area contributed by atoms with Gasteiger partial charge in [0, 0.05) is 5.69 Å². The third-order valence-electron chi connectivity index (χ3n) is 2.76. The van der Waals surface area contributed by atoms with Gasteiger partial charge in [0.15, 0.2) is 0 Å². The number of nitrogens with two attached hydrogens (primary N) is 1. The molecule has 18 heavy (non-hydrogen) atoms. The molecule has 0 unspecified atom stereocenters. The van der Waals surface area contributed by atoms with Crippen LogP contribution in [-0.2, 0) is 4.79 Å². The number of benzene rings is 1. The zero-order valence-corrected chi connectivity index (χ0v) is 10.7. The second-order valence-electron chi connectivity index (χ2n) is 4.59. The molecule has 1 aromatic carbocycles. The monoisotopic (exact) mass is 250 g/mol. The summed E-state index contributed by atoms with van der Waals surface area (Å²) in [4.78, 5) is 22.7. The molecule has 0 spiro atoms. The molecule has 0 heterocycles. The standard InChI is InChI=1S/C13H18N2O3/c1-7(2)11(14)12(16)15-10-6-9(13(17)18)5-4-8(10)3/h4-7,11H,14H2,1-3H3,(H,15,16)(H,17,18)/t11-/m0/s1. The van der Waals surface area contributed by atoms with Crippen LogP contribution in [0.5, 0.6) is 0 Å². The van der Waals surface area contributed by atoms with Gasteiger partial charge < -0.3 is 16.2 Å². The van der Waals surface area contributed by atoms with Gasteiger partial charge >= 0.3 is 5.97 Å². The molecule has 0 bridgehead atoms. The first-order valence-electron chi connectivity index (χ1n) is 5.73. The van der Waals surface area contributed by atoms with Gasteiger partial charge in [-0.15, -0.1) is 0 Å². The van der Waals surface area contributed by atoms with Crippen molar-refractivity contribution in [2.75, 3.05) is 5.32 Å². The van der Waals surface area contributed by atoms with Gasteiger partial charge in [-0.1, -0.05) is 19.9 Å². The topological polar surface area (TPSA) is 92.4 Å². The quantitative estimate of drug-likeness (QED) is 0.757. The number of amides is 1. The molecule has 5 heteroatoms. The minimum atomic E-state index is -1.03. The fourth-order valence-electron chi connectivity index (χ4n) is 1.41. The molecule has 0 aromatic heterocycles. The van der Waals surface area contributed by atoms with E-state index in [-0.39, 0.29) is 17.4 Å². The number of carboxylic acids is 1. The van der Waals surface area contributed by atoms with Crippen LogP contribution >= 0.6 is 0 Å². The van der Waals surface area contributed by atoms with E-state index in [4.69, 9.17) is 10.8 Å². The fraction of sp³-hybridized carbons (Fsp3) is 0.385. The largest absolute Gasteiger partial charge is 0.478 e. The van der Waals surface area contributed by atoms with Gasteiger partial charge in [-0.3, -0.25) is 4.79 Å². The number of aromatic carboxylic acids is 1. The molecule has 0 radical (unpaired) electrons. The van der Waals surface area contributed by atoms with Crippen molar-refractivity contribution in [2.24, 2.45) is 11.7 Å². The van der Waals surface area contributed by atoms with Crippen molar-refractivity contribution in [3.05, 3.63) is 29.3 Å². The van der Waals surface area contributed by atoms with Crippen LogP contribution < -0.4 is 11.1 Å². The van der Waals surface area contributed by atoms with E-state index in [1.807, 2.05) is 13.8 Å². The highest BCUT2D eigenvalue weighted by atomic mass is 16.4. The molecule has 0 saturated carbocycles. The van der Waals surface area contributed by atoms with Crippen molar-refractivity contribution in [1.29, 1.82) is 0 Å². The maximum Gasteiger partial charge on any atom is 0.335 e. The number of aryl methyl sites for hydroxylation is 1. The van der Waals surface area contributed by atoms with E-state index in [0.717, 1.165) is 5.56 Å². The lowest BCUT2D eigenvalue weighted by Gasteiger charge is -2.16. The molecule has 0 saturated heterocycles.